The van der Waals surface area contributed by atoms with Gasteiger partial charge in [-0.25, -0.2) is 9.80 Å². The molecule has 212 valence electrons. The number of aromatic nitrogens is 2. The molecule has 3 heterocycles. The highest BCUT2D eigenvalue weighted by atomic mass is 16.5. The van der Waals surface area contributed by atoms with Crippen molar-refractivity contribution in [3.8, 4) is 28.3 Å². The fourth-order valence-corrected chi connectivity index (χ4v) is 5.67. The third kappa shape index (κ3) is 5.51. The molecule has 2 aromatic rings. The number of rotatable bonds is 8. The normalized spacial score (nSPS) is 17.5. The van der Waals surface area contributed by atoms with Crippen molar-refractivity contribution >= 4 is 22.5 Å². The highest BCUT2D eigenvalue weighted by molar-refractivity contribution is 6.16. The highest BCUT2D eigenvalue weighted by Crippen LogP contribution is 2.49. The van der Waals surface area contributed by atoms with Gasteiger partial charge >= 0.3 is 6.03 Å². The summed E-state index contributed by atoms with van der Waals surface area (Å²) in [6.07, 6.45) is 0. The Labute approximate surface area is 233 Å². The van der Waals surface area contributed by atoms with E-state index in [0.29, 0.717) is 42.9 Å². The average molecular weight is 548 g/mol. The summed E-state index contributed by atoms with van der Waals surface area (Å²) < 4.78 is 10.5. The minimum absolute atomic E-state index is 0.134. The van der Waals surface area contributed by atoms with Crippen LogP contribution in [0.25, 0.3) is 33.3 Å². The molecule has 4 aliphatic rings. The average Bonchev–Trinajstić information content (AvgIpc) is 3.54. The number of ether oxygens (including phenoxy) is 2. The van der Waals surface area contributed by atoms with Crippen LogP contribution < -0.4 is 10.7 Å². The molecule has 0 spiro atoms. The van der Waals surface area contributed by atoms with Crippen LogP contribution in [0.1, 0.15) is 5.56 Å². The lowest BCUT2D eigenvalue weighted by molar-refractivity contribution is 0.0207. The second-order valence-electron chi connectivity index (χ2n) is 10.4. The van der Waals surface area contributed by atoms with E-state index in [0.717, 1.165) is 68.2 Å². The number of carbonyl (C=O) groups is 1. The minimum atomic E-state index is -0.350. The van der Waals surface area contributed by atoms with E-state index in [9.17, 15) is 9.90 Å². The number of benzene rings is 2. The maximum Gasteiger partial charge on any atom is 0.333 e. The summed E-state index contributed by atoms with van der Waals surface area (Å²) in [5, 5.41) is 24.1. The standard InChI is InChI=1S/C29H37N7O4/c1-39-16-13-34-9-11-35(12-10-34)19-20-5-7-21(8-6-20)26-25-27(32-31-26)22-3-2-4-23(24(22)28(25)37)30-29(38)33-36-14-17-40-18-15-36/h2-8,31-32,37H,9-19H2,1H3,(H2,30,33,38). The van der Waals surface area contributed by atoms with Crippen molar-refractivity contribution in [1.29, 1.82) is 0 Å². The number of piperazine rings is 1. The third-order valence-electron chi connectivity index (χ3n) is 7.86. The number of hydrazine groups is 1. The van der Waals surface area contributed by atoms with Crippen LogP contribution in [0.4, 0.5) is 10.5 Å². The van der Waals surface area contributed by atoms with E-state index in [1.165, 1.54) is 5.56 Å². The van der Waals surface area contributed by atoms with Gasteiger partial charge in [-0.15, -0.1) is 0 Å². The molecule has 0 bridgehead atoms. The van der Waals surface area contributed by atoms with Crippen molar-refractivity contribution in [2.24, 2.45) is 0 Å². The van der Waals surface area contributed by atoms with E-state index in [2.05, 4.69) is 55.0 Å². The quantitative estimate of drug-likeness (QED) is 0.230. The van der Waals surface area contributed by atoms with Gasteiger partial charge in [0.25, 0.3) is 0 Å². The van der Waals surface area contributed by atoms with E-state index in [1.807, 2.05) is 17.1 Å². The Bertz CT molecular complexity index is 1400. The van der Waals surface area contributed by atoms with Crippen molar-refractivity contribution in [1.82, 2.24) is 30.4 Å². The first-order valence-corrected chi connectivity index (χ1v) is 13.9. The van der Waals surface area contributed by atoms with Crippen LogP contribution in [0.3, 0.4) is 0 Å². The van der Waals surface area contributed by atoms with Gasteiger partial charge in [0, 0.05) is 70.4 Å². The maximum atomic E-state index is 12.7. The predicted molar refractivity (Wildman–Crippen MR) is 155 cm³/mol. The summed E-state index contributed by atoms with van der Waals surface area (Å²) in [7, 11) is 1.75. The number of aromatic hydroxyl groups is 1. The summed E-state index contributed by atoms with van der Waals surface area (Å²) in [5.41, 5.74) is 7.96. The van der Waals surface area contributed by atoms with Gasteiger partial charge in [0.1, 0.15) is 5.75 Å². The van der Waals surface area contributed by atoms with Crippen molar-refractivity contribution in [3.63, 3.8) is 0 Å². The summed E-state index contributed by atoms with van der Waals surface area (Å²) in [6.45, 7) is 9.33. The van der Waals surface area contributed by atoms with Crippen molar-refractivity contribution in [3.05, 3.63) is 48.0 Å². The zero-order valence-electron chi connectivity index (χ0n) is 22.8. The first kappa shape index (κ1) is 26.6. The molecular weight excluding hydrogens is 510 g/mol. The van der Waals surface area contributed by atoms with Crippen LogP contribution in [0.2, 0.25) is 0 Å². The molecule has 40 heavy (non-hydrogen) atoms. The Morgan fingerprint density at radius 2 is 1.70 bits per heavy atom. The molecule has 2 fully saturated rings. The Morgan fingerprint density at radius 3 is 2.45 bits per heavy atom. The van der Waals surface area contributed by atoms with E-state index in [-0.39, 0.29) is 11.8 Å². The number of amides is 2. The lowest BCUT2D eigenvalue weighted by Crippen LogP contribution is -2.49. The monoisotopic (exact) mass is 547 g/mol. The van der Waals surface area contributed by atoms with Gasteiger partial charge < -0.3 is 19.9 Å². The topological polar surface area (TPSA) is 121 Å². The lowest BCUT2D eigenvalue weighted by atomic mass is 10.0. The third-order valence-corrected chi connectivity index (χ3v) is 7.86. The number of H-pyrrole nitrogens is 2. The second-order valence-corrected chi connectivity index (χ2v) is 10.4. The van der Waals surface area contributed by atoms with Gasteiger partial charge in [-0.1, -0.05) is 36.4 Å². The summed E-state index contributed by atoms with van der Waals surface area (Å²) in [6, 6.07) is 13.8. The molecule has 6 rings (SSSR count). The molecule has 2 saturated heterocycles. The van der Waals surface area contributed by atoms with Gasteiger partial charge in [-0.05, 0) is 11.6 Å². The number of aromatic amines is 2. The molecule has 11 nitrogen and oxygen atoms in total. The van der Waals surface area contributed by atoms with Crippen LogP contribution in [-0.4, -0.2) is 109 Å². The van der Waals surface area contributed by atoms with Gasteiger partial charge in [0.2, 0.25) is 0 Å². The SMILES string of the molecule is COCCN1CCN(Cc2ccc(-c3[nH][nH]c4c5cccc(NC(=O)NN6CCOCC6)c5c(O)c3-4)cc2)CC1. The number of fused-ring (bicyclic) bond motifs is 3. The molecule has 5 N–H and O–H groups in total. The first-order chi connectivity index (χ1) is 19.6. The Morgan fingerprint density at radius 1 is 0.975 bits per heavy atom. The van der Waals surface area contributed by atoms with Gasteiger partial charge in [0.15, 0.2) is 0 Å². The molecule has 2 aromatic carbocycles. The van der Waals surface area contributed by atoms with Crippen LogP contribution in [0.5, 0.6) is 5.75 Å². The maximum absolute atomic E-state index is 12.7. The van der Waals surface area contributed by atoms with E-state index < -0.39 is 0 Å². The number of carbonyl (C=O) groups excluding carboxylic acids is 1. The number of morpholine rings is 1. The van der Waals surface area contributed by atoms with Crippen LogP contribution >= 0.6 is 0 Å². The molecule has 2 amide bonds. The van der Waals surface area contributed by atoms with Gasteiger partial charge in [0.05, 0.1) is 47.8 Å². The van der Waals surface area contributed by atoms with Crippen molar-refractivity contribution < 1.29 is 19.4 Å². The molecule has 0 unspecified atom stereocenters. The zero-order valence-corrected chi connectivity index (χ0v) is 22.8. The smallest absolute Gasteiger partial charge is 0.333 e. The van der Waals surface area contributed by atoms with Crippen LogP contribution in [-0.2, 0) is 16.0 Å². The largest absolute Gasteiger partial charge is 0.506 e. The number of nitrogens with zero attached hydrogens (tertiary/aromatic N) is 3. The fraction of sp³-hybridized carbons (Fsp3) is 0.414. The molecular formula is C29H37N7O4. The van der Waals surface area contributed by atoms with Crippen LogP contribution in [0, 0.1) is 0 Å². The minimum Gasteiger partial charge on any atom is -0.506 e. The number of urea groups is 1. The molecule has 0 radical (unpaired) electrons. The molecule has 0 saturated carbocycles. The molecule has 0 atom stereocenters. The number of hydrogen-bond donors (Lipinski definition) is 5. The first-order valence-electron chi connectivity index (χ1n) is 13.9. The highest BCUT2D eigenvalue weighted by Gasteiger charge is 2.26. The molecule has 1 aliphatic carbocycles. The number of nitrogens with one attached hydrogen (secondary N) is 4. The van der Waals surface area contributed by atoms with Crippen molar-refractivity contribution in [2.45, 2.75) is 6.54 Å². The van der Waals surface area contributed by atoms with Gasteiger partial charge in [-0.3, -0.25) is 25.4 Å². The lowest BCUT2D eigenvalue weighted by Gasteiger charge is -2.34. The van der Waals surface area contributed by atoms with Crippen LogP contribution in [0.15, 0.2) is 42.5 Å². The Kier molecular flexibility index (Phi) is 7.89. The number of methoxy groups -OCH3 is 1. The van der Waals surface area contributed by atoms with Crippen molar-refractivity contribution in [2.75, 3.05) is 78.1 Å². The summed E-state index contributed by atoms with van der Waals surface area (Å²) in [5.74, 6) is 0.134. The Balaban J connectivity index is 1.17. The van der Waals surface area contributed by atoms with E-state index in [1.54, 1.807) is 13.2 Å². The van der Waals surface area contributed by atoms with Gasteiger partial charge in [-0.2, -0.15) is 0 Å². The molecule has 3 aliphatic heterocycles. The Hall–Kier alpha value is -3.61. The predicted octanol–water partition coefficient (Wildman–Crippen LogP) is 3.11. The fourth-order valence-electron chi connectivity index (χ4n) is 5.67. The van der Waals surface area contributed by atoms with E-state index >= 15 is 0 Å². The summed E-state index contributed by atoms with van der Waals surface area (Å²) in [4.78, 5) is 17.6. The zero-order chi connectivity index (χ0) is 27.5. The van der Waals surface area contributed by atoms with E-state index in [4.69, 9.17) is 9.47 Å². The molecule has 11 heteroatoms. The summed E-state index contributed by atoms with van der Waals surface area (Å²) >= 11 is 0. The molecule has 0 aromatic heterocycles. The number of hydrogen-bond acceptors (Lipinski definition) is 7. The second kappa shape index (κ2) is 11.9. The number of anilines is 1.